The van der Waals surface area contributed by atoms with Crippen LogP contribution in [0, 0.1) is 0 Å². The monoisotopic (exact) mass is 384 g/mol. The van der Waals surface area contributed by atoms with Gasteiger partial charge >= 0.3 is 0 Å². The quantitative estimate of drug-likeness (QED) is 0.457. The summed E-state index contributed by atoms with van der Waals surface area (Å²) in [5.74, 6) is 1.02. The molecule has 0 aromatic heterocycles. The van der Waals surface area contributed by atoms with E-state index >= 15 is 0 Å². The van der Waals surface area contributed by atoms with Gasteiger partial charge in [-0.2, -0.15) is 0 Å². The normalized spacial score (nSPS) is 12.9. The van der Waals surface area contributed by atoms with Crippen LogP contribution in [0.25, 0.3) is 22.8 Å². The van der Waals surface area contributed by atoms with Crippen LogP contribution >= 0.6 is 0 Å². The minimum atomic E-state index is 0.265. The Morgan fingerprint density at radius 3 is 2.24 bits per heavy atom. The molecule has 0 saturated carbocycles. The molecule has 3 aromatic carbocycles. The number of aliphatic hydroxyl groups excluding tert-OH is 1. The number of aliphatic hydroxyl groups is 1. The van der Waals surface area contributed by atoms with Crippen LogP contribution in [0.3, 0.4) is 0 Å². The summed E-state index contributed by atoms with van der Waals surface area (Å²) < 4.78 is 6.05. The lowest BCUT2D eigenvalue weighted by molar-refractivity contribution is 0.265. The zero-order valence-corrected chi connectivity index (χ0v) is 16.8. The molecule has 0 saturated heterocycles. The fourth-order valence-electron chi connectivity index (χ4n) is 3.95. The SMILES string of the molecule is OCCCCCOc1cccc2c1CCC(c1ccc(-c3ccccc3)cc1)=C2. The molecule has 0 atom stereocenters. The van der Waals surface area contributed by atoms with Crippen molar-refractivity contribution in [2.45, 2.75) is 32.1 Å². The summed E-state index contributed by atoms with van der Waals surface area (Å²) >= 11 is 0. The van der Waals surface area contributed by atoms with E-state index in [0.29, 0.717) is 6.61 Å². The molecular formula is C27H28O2. The van der Waals surface area contributed by atoms with E-state index in [4.69, 9.17) is 9.84 Å². The number of hydrogen-bond acceptors (Lipinski definition) is 2. The summed E-state index contributed by atoms with van der Waals surface area (Å²) in [4.78, 5) is 0. The second-order valence-corrected chi connectivity index (χ2v) is 7.57. The number of benzene rings is 3. The fraction of sp³-hybridized carbons (Fsp3) is 0.259. The fourth-order valence-corrected chi connectivity index (χ4v) is 3.95. The highest BCUT2D eigenvalue weighted by Crippen LogP contribution is 2.35. The number of unbranched alkanes of at least 4 members (excludes halogenated alkanes) is 2. The minimum Gasteiger partial charge on any atom is -0.493 e. The zero-order valence-electron chi connectivity index (χ0n) is 16.8. The molecule has 0 unspecified atom stereocenters. The van der Waals surface area contributed by atoms with Crippen molar-refractivity contribution in [1.29, 1.82) is 0 Å². The van der Waals surface area contributed by atoms with Crippen molar-refractivity contribution in [3.8, 4) is 16.9 Å². The highest BCUT2D eigenvalue weighted by Gasteiger charge is 2.16. The van der Waals surface area contributed by atoms with Crippen LogP contribution in [0.1, 0.15) is 42.4 Å². The molecule has 0 fully saturated rings. The molecular weight excluding hydrogens is 356 g/mol. The highest BCUT2D eigenvalue weighted by molar-refractivity contribution is 5.85. The van der Waals surface area contributed by atoms with Gasteiger partial charge in [0, 0.05) is 12.2 Å². The lowest BCUT2D eigenvalue weighted by Crippen LogP contribution is -2.05. The summed E-state index contributed by atoms with van der Waals surface area (Å²) in [6, 6.07) is 25.8. The van der Waals surface area contributed by atoms with Gasteiger partial charge in [-0.05, 0) is 66.0 Å². The standard InChI is InChI=1S/C27H28O2/c28-18-5-2-6-19-29-27-11-7-10-25-20-24(16-17-26(25)27)23-14-12-22(13-15-23)21-8-3-1-4-9-21/h1,3-4,7-15,20,28H,2,5-6,16-19H2. The van der Waals surface area contributed by atoms with E-state index in [9.17, 15) is 0 Å². The highest BCUT2D eigenvalue weighted by atomic mass is 16.5. The van der Waals surface area contributed by atoms with Crippen LogP contribution in [0.4, 0.5) is 0 Å². The van der Waals surface area contributed by atoms with Gasteiger partial charge in [0.15, 0.2) is 0 Å². The smallest absolute Gasteiger partial charge is 0.123 e. The molecule has 0 radical (unpaired) electrons. The van der Waals surface area contributed by atoms with Crippen molar-refractivity contribution in [3.63, 3.8) is 0 Å². The van der Waals surface area contributed by atoms with Crippen LogP contribution in [-0.4, -0.2) is 18.3 Å². The van der Waals surface area contributed by atoms with Gasteiger partial charge < -0.3 is 9.84 Å². The number of fused-ring (bicyclic) bond motifs is 1. The summed E-state index contributed by atoms with van der Waals surface area (Å²) in [6.45, 7) is 0.981. The van der Waals surface area contributed by atoms with Crippen LogP contribution in [0.5, 0.6) is 5.75 Å². The third-order valence-electron chi connectivity index (χ3n) is 5.57. The molecule has 2 nitrogen and oxygen atoms in total. The van der Waals surface area contributed by atoms with Gasteiger partial charge in [0.1, 0.15) is 5.75 Å². The van der Waals surface area contributed by atoms with Gasteiger partial charge in [-0.3, -0.25) is 0 Å². The topological polar surface area (TPSA) is 29.5 Å². The molecule has 2 heteroatoms. The largest absolute Gasteiger partial charge is 0.493 e. The maximum atomic E-state index is 8.89. The van der Waals surface area contributed by atoms with E-state index in [0.717, 1.165) is 37.9 Å². The van der Waals surface area contributed by atoms with Gasteiger partial charge in [0.2, 0.25) is 0 Å². The first-order chi connectivity index (χ1) is 14.3. The minimum absolute atomic E-state index is 0.265. The molecule has 0 heterocycles. The van der Waals surface area contributed by atoms with E-state index < -0.39 is 0 Å². The molecule has 3 aromatic rings. The first-order valence-corrected chi connectivity index (χ1v) is 10.6. The van der Waals surface area contributed by atoms with Gasteiger partial charge in [-0.25, -0.2) is 0 Å². The van der Waals surface area contributed by atoms with E-state index in [1.807, 2.05) is 0 Å². The Labute approximate surface area is 173 Å². The zero-order chi connectivity index (χ0) is 19.9. The third kappa shape index (κ3) is 4.78. The molecule has 4 rings (SSSR count). The maximum absolute atomic E-state index is 8.89. The lowest BCUT2D eigenvalue weighted by atomic mass is 9.87. The van der Waals surface area contributed by atoms with Crippen molar-refractivity contribution in [1.82, 2.24) is 0 Å². The number of ether oxygens (including phenoxy) is 1. The molecule has 0 bridgehead atoms. The molecule has 0 aliphatic heterocycles. The first-order valence-electron chi connectivity index (χ1n) is 10.6. The summed E-state index contributed by atoms with van der Waals surface area (Å²) in [6.07, 6.45) is 7.20. The Balaban J connectivity index is 1.48. The summed E-state index contributed by atoms with van der Waals surface area (Å²) in [5.41, 5.74) is 7.78. The Hall–Kier alpha value is -2.84. The molecule has 1 aliphatic rings. The molecule has 29 heavy (non-hydrogen) atoms. The molecule has 1 N–H and O–H groups in total. The Bertz CT molecular complexity index is 956. The first kappa shape index (κ1) is 19.5. The maximum Gasteiger partial charge on any atom is 0.123 e. The molecule has 0 amide bonds. The van der Waals surface area contributed by atoms with Gasteiger partial charge in [0.25, 0.3) is 0 Å². The number of rotatable bonds is 8. The average molecular weight is 385 g/mol. The van der Waals surface area contributed by atoms with Crippen molar-refractivity contribution < 1.29 is 9.84 Å². The average Bonchev–Trinajstić information content (AvgIpc) is 2.79. The van der Waals surface area contributed by atoms with Crippen molar-refractivity contribution >= 4 is 11.6 Å². The van der Waals surface area contributed by atoms with E-state index in [1.165, 1.54) is 33.4 Å². The summed E-state index contributed by atoms with van der Waals surface area (Å²) in [7, 11) is 0. The van der Waals surface area contributed by atoms with Crippen LogP contribution in [0.15, 0.2) is 72.8 Å². The summed E-state index contributed by atoms with van der Waals surface area (Å²) in [5, 5.41) is 8.89. The van der Waals surface area contributed by atoms with Crippen molar-refractivity contribution in [3.05, 3.63) is 89.5 Å². The number of allylic oxidation sites excluding steroid dienone is 1. The van der Waals surface area contributed by atoms with Gasteiger partial charge in [-0.1, -0.05) is 72.8 Å². The molecule has 148 valence electrons. The Morgan fingerprint density at radius 2 is 1.45 bits per heavy atom. The third-order valence-corrected chi connectivity index (χ3v) is 5.57. The molecule has 0 spiro atoms. The second kappa shape index (κ2) is 9.58. The van der Waals surface area contributed by atoms with Gasteiger partial charge in [-0.15, -0.1) is 0 Å². The van der Waals surface area contributed by atoms with Crippen molar-refractivity contribution in [2.75, 3.05) is 13.2 Å². The Kier molecular flexibility index (Phi) is 6.43. The molecule has 1 aliphatic carbocycles. The number of hydrogen-bond donors (Lipinski definition) is 1. The predicted molar refractivity (Wildman–Crippen MR) is 121 cm³/mol. The predicted octanol–water partition coefficient (Wildman–Crippen LogP) is 6.38. The van der Waals surface area contributed by atoms with E-state index in [-0.39, 0.29) is 6.61 Å². The van der Waals surface area contributed by atoms with E-state index in [1.54, 1.807) is 0 Å². The van der Waals surface area contributed by atoms with Gasteiger partial charge in [0.05, 0.1) is 6.61 Å². The van der Waals surface area contributed by atoms with Crippen LogP contribution < -0.4 is 4.74 Å². The lowest BCUT2D eigenvalue weighted by Gasteiger charge is -2.20. The van der Waals surface area contributed by atoms with Crippen LogP contribution in [0.2, 0.25) is 0 Å². The Morgan fingerprint density at radius 1 is 0.690 bits per heavy atom. The van der Waals surface area contributed by atoms with Crippen LogP contribution in [-0.2, 0) is 6.42 Å². The van der Waals surface area contributed by atoms with Crippen molar-refractivity contribution in [2.24, 2.45) is 0 Å². The second-order valence-electron chi connectivity index (χ2n) is 7.57. The van der Waals surface area contributed by atoms with E-state index in [2.05, 4.69) is 78.9 Å².